The Balaban J connectivity index is 3.14. The maximum Gasteiger partial charge on any atom is 0.326 e. The lowest BCUT2D eigenvalue weighted by atomic mass is 9.99. The van der Waals surface area contributed by atoms with Crippen molar-refractivity contribution in [2.24, 2.45) is 35.0 Å². The number of hydrogen-bond acceptors (Lipinski definition) is 10. The third-order valence-corrected chi connectivity index (χ3v) is 9.15. The van der Waals surface area contributed by atoms with Gasteiger partial charge in [-0.25, -0.2) is 4.79 Å². The standard InChI is InChI=1S/C40H69N9O8/c1-24(2)20-30(36(52)44-23-33(50)45-31(21-25(3)4)37(53)46-29(40(56)57)17-11-13-19-42)47-38(54)32(22-27-14-8-7-9-15-27)48-39(55)34(26(5)6)49-35(51)28(43)16-10-12-18-41/h7-9,14-15,24-26,28-32,34H,10-13,16-23,41-43H2,1-6H3,(H,44,52)(H,45,50)(H,46,53)(H,47,54)(H,48,55)(H,49,51)(H,56,57)/t28-,29-,30-,31-,32-,34-/m0/s1. The summed E-state index contributed by atoms with van der Waals surface area (Å²) in [6.07, 6.45) is 3.50. The third kappa shape index (κ3) is 20.4. The van der Waals surface area contributed by atoms with E-state index in [1.165, 1.54) is 0 Å². The van der Waals surface area contributed by atoms with Crippen molar-refractivity contribution >= 4 is 41.4 Å². The zero-order valence-electron chi connectivity index (χ0n) is 34.6. The van der Waals surface area contributed by atoms with Crippen LogP contribution in [0, 0.1) is 17.8 Å². The molecular formula is C40H69N9O8. The second-order valence-electron chi connectivity index (χ2n) is 15.7. The number of rotatable bonds is 28. The molecule has 6 atom stereocenters. The molecule has 17 nitrogen and oxygen atoms in total. The van der Waals surface area contributed by atoms with E-state index in [0.29, 0.717) is 45.2 Å². The predicted molar refractivity (Wildman–Crippen MR) is 218 cm³/mol. The van der Waals surface area contributed by atoms with Crippen molar-refractivity contribution in [2.75, 3.05) is 19.6 Å². The van der Waals surface area contributed by atoms with E-state index in [1.807, 2.05) is 33.8 Å². The number of benzene rings is 1. The molecule has 1 rings (SSSR count). The van der Waals surface area contributed by atoms with E-state index in [1.54, 1.807) is 38.1 Å². The van der Waals surface area contributed by atoms with Crippen molar-refractivity contribution in [1.29, 1.82) is 0 Å². The van der Waals surface area contributed by atoms with Crippen LogP contribution in [0.15, 0.2) is 30.3 Å². The zero-order valence-corrected chi connectivity index (χ0v) is 34.6. The maximum absolute atomic E-state index is 13.9. The van der Waals surface area contributed by atoms with Crippen LogP contribution in [0.4, 0.5) is 0 Å². The fraction of sp³-hybridized carbons (Fsp3) is 0.675. The summed E-state index contributed by atoms with van der Waals surface area (Å²) in [5.74, 6) is -5.44. The number of carbonyl (C=O) groups excluding carboxylic acids is 6. The van der Waals surface area contributed by atoms with Gasteiger partial charge in [-0.1, -0.05) is 78.3 Å². The minimum atomic E-state index is -1.20. The molecule has 0 aromatic heterocycles. The number of nitrogens with one attached hydrogen (secondary N) is 6. The minimum Gasteiger partial charge on any atom is -0.480 e. The lowest BCUT2D eigenvalue weighted by Crippen LogP contribution is -2.59. The summed E-state index contributed by atoms with van der Waals surface area (Å²) in [7, 11) is 0. The largest absolute Gasteiger partial charge is 0.480 e. The topological polar surface area (TPSA) is 290 Å². The van der Waals surface area contributed by atoms with Crippen LogP contribution in [0.2, 0.25) is 0 Å². The van der Waals surface area contributed by atoms with Crippen molar-refractivity contribution in [2.45, 2.75) is 136 Å². The van der Waals surface area contributed by atoms with Gasteiger partial charge in [0.25, 0.3) is 0 Å². The first kappa shape index (κ1) is 50.4. The Morgan fingerprint density at radius 2 is 1.11 bits per heavy atom. The van der Waals surface area contributed by atoms with Crippen molar-refractivity contribution in [3.63, 3.8) is 0 Å². The van der Waals surface area contributed by atoms with Crippen LogP contribution >= 0.6 is 0 Å². The zero-order chi connectivity index (χ0) is 43.1. The van der Waals surface area contributed by atoms with Crippen LogP contribution in [-0.4, -0.2) is 102 Å². The molecule has 13 N–H and O–H groups in total. The predicted octanol–water partition coefficient (Wildman–Crippen LogP) is 0.187. The Labute approximate surface area is 337 Å². The highest BCUT2D eigenvalue weighted by Crippen LogP contribution is 2.11. The van der Waals surface area contributed by atoms with Crippen molar-refractivity contribution in [3.05, 3.63) is 35.9 Å². The molecule has 0 aliphatic heterocycles. The van der Waals surface area contributed by atoms with Crippen LogP contribution < -0.4 is 49.1 Å². The van der Waals surface area contributed by atoms with E-state index < -0.39 is 84.2 Å². The molecule has 0 heterocycles. The van der Waals surface area contributed by atoms with Crippen LogP contribution in [0.5, 0.6) is 0 Å². The maximum atomic E-state index is 13.9. The molecular weight excluding hydrogens is 734 g/mol. The SMILES string of the molecule is CC(C)C[C@H](NC(=O)CNC(=O)[C@H](CC(C)C)NC(=O)[C@H](Cc1ccccc1)NC(=O)[C@@H](NC(=O)[C@@H](N)CCCCN)C(C)C)C(=O)N[C@@H](CCCCN)C(=O)O. The number of aliphatic carboxylic acids is 1. The van der Waals surface area contributed by atoms with Gasteiger partial charge in [0, 0.05) is 6.42 Å². The lowest BCUT2D eigenvalue weighted by Gasteiger charge is -2.28. The van der Waals surface area contributed by atoms with Gasteiger partial charge < -0.3 is 54.2 Å². The van der Waals surface area contributed by atoms with Crippen molar-refractivity contribution in [1.82, 2.24) is 31.9 Å². The quantitative estimate of drug-likeness (QED) is 0.0510. The monoisotopic (exact) mass is 804 g/mol. The van der Waals surface area contributed by atoms with Crippen molar-refractivity contribution in [3.8, 4) is 0 Å². The molecule has 6 amide bonds. The molecule has 0 spiro atoms. The van der Waals surface area contributed by atoms with Gasteiger partial charge in [0.15, 0.2) is 0 Å². The second kappa shape index (κ2) is 27.1. The van der Waals surface area contributed by atoms with Crippen LogP contribution in [0.25, 0.3) is 0 Å². The number of carboxylic acids is 1. The number of amides is 6. The van der Waals surface area contributed by atoms with E-state index >= 15 is 0 Å². The van der Waals surface area contributed by atoms with Gasteiger partial charge in [-0.15, -0.1) is 0 Å². The molecule has 0 saturated carbocycles. The molecule has 0 fully saturated rings. The smallest absolute Gasteiger partial charge is 0.326 e. The second-order valence-corrected chi connectivity index (χ2v) is 15.7. The van der Waals surface area contributed by atoms with E-state index in [2.05, 4.69) is 31.9 Å². The summed E-state index contributed by atoms with van der Waals surface area (Å²) in [4.78, 5) is 92.0. The highest BCUT2D eigenvalue weighted by molar-refractivity contribution is 5.96. The summed E-state index contributed by atoms with van der Waals surface area (Å²) in [6.45, 7) is 11.2. The van der Waals surface area contributed by atoms with Gasteiger partial charge in [0.2, 0.25) is 35.4 Å². The lowest BCUT2D eigenvalue weighted by molar-refractivity contribution is -0.142. The molecule has 1 aromatic rings. The van der Waals surface area contributed by atoms with E-state index in [9.17, 15) is 38.7 Å². The van der Waals surface area contributed by atoms with Gasteiger partial charge in [0.05, 0.1) is 12.6 Å². The average Bonchev–Trinajstić information content (AvgIpc) is 3.14. The van der Waals surface area contributed by atoms with Crippen LogP contribution in [-0.2, 0) is 40.0 Å². The molecule has 0 unspecified atom stereocenters. The Morgan fingerprint density at radius 1 is 0.596 bits per heavy atom. The molecule has 17 heteroatoms. The van der Waals surface area contributed by atoms with Gasteiger partial charge in [-0.2, -0.15) is 0 Å². The summed E-state index contributed by atoms with van der Waals surface area (Å²) in [5.41, 5.74) is 17.9. The Hall–Kier alpha value is -4.61. The van der Waals surface area contributed by atoms with Gasteiger partial charge in [-0.3, -0.25) is 28.8 Å². The molecule has 0 radical (unpaired) electrons. The fourth-order valence-electron chi connectivity index (χ4n) is 5.99. The Kier molecular flexibility index (Phi) is 24.0. The van der Waals surface area contributed by atoms with E-state index in [0.717, 1.165) is 5.56 Å². The van der Waals surface area contributed by atoms with Gasteiger partial charge in [-0.05, 0) is 81.4 Å². The Morgan fingerprint density at radius 3 is 1.63 bits per heavy atom. The highest BCUT2D eigenvalue weighted by Gasteiger charge is 2.33. The summed E-state index contributed by atoms with van der Waals surface area (Å²) in [6, 6.07) is 2.65. The third-order valence-electron chi connectivity index (χ3n) is 9.15. The van der Waals surface area contributed by atoms with Gasteiger partial charge in [0.1, 0.15) is 30.2 Å². The highest BCUT2D eigenvalue weighted by atomic mass is 16.4. The van der Waals surface area contributed by atoms with E-state index in [4.69, 9.17) is 17.2 Å². The summed E-state index contributed by atoms with van der Waals surface area (Å²) in [5, 5.41) is 25.5. The number of carbonyl (C=O) groups is 7. The fourth-order valence-corrected chi connectivity index (χ4v) is 5.99. The average molecular weight is 804 g/mol. The number of hydrogen-bond donors (Lipinski definition) is 10. The first-order chi connectivity index (χ1) is 26.9. The molecule has 322 valence electrons. The van der Waals surface area contributed by atoms with Crippen LogP contribution in [0.1, 0.15) is 98.5 Å². The molecule has 1 aromatic carbocycles. The molecule has 0 aliphatic rings. The molecule has 0 bridgehead atoms. The van der Waals surface area contributed by atoms with Gasteiger partial charge >= 0.3 is 5.97 Å². The summed E-state index contributed by atoms with van der Waals surface area (Å²) < 4.78 is 0. The van der Waals surface area contributed by atoms with Crippen LogP contribution in [0.3, 0.4) is 0 Å². The normalized spacial score (nSPS) is 14.5. The number of nitrogens with two attached hydrogens (primary N) is 3. The first-order valence-electron chi connectivity index (χ1n) is 20.1. The molecule has 0 aliphatic carbocycles. The minimum absolute atomic E-state index is 0.0396. The number of unbranched alkanes of at least 4 members (excludes halogenated alkanes) is 2. The summed E-state index contributed by atoms with van der Waals surface area (Å²) >= 11 is 0. The molecule has 0 saturated heterocycles. The molecule has 57 heavy (non-hydrogen) atoms. The van der Waals surface area contributed by atoms with E-state index in [-0.39, 0.29) is 43.4 Å². The number of carboxylic acid groups (broad SMARTS) is 1. The first-order valence-corrected chi connectivity index (χ1v) is 20.1. The Bertz CT molecular complexity index is 1430. The van der Waals surface area contributed by atoms with Crippen molar-refractivity contribution < 1.29 is 38.7 Å².